The molecule has 0 radical (unpaired) electrons. The molecule has 0 aliphatic carbocycles. The van der Waals surface area contributed by atoms with Crippen LogP contribution in [0.1, 0.15) is 33.5 Å². The van der Waals surface area contributed by atoms with E-state index in [9.17, 15) is 9.59 Å². The fourth-order valence-electron chi connectivity index (χ4n) is 2.29. The zero-order chi connectivity index (χ0) is 17.1. The highest BCUT2D eigenvalue weighted by Gasteiger charge is 2.11. The zero-order valence-corrected chi connectivity index (χ0v) is 13.3. The molecular weight excluding hydrogens is 308 g/mol. The summed E-state index contributed by atoms with van der Waals surface area (Å²) in [4.78, 5) is 28.1. The second kappa shape index (κ2) is 6.54. The molecule has 1 aromatic heterocycles. The molecule has 24 heavy (non-hydrogen) atoms. The standard InChI is InChI=1S/C18H16N2O4/c1-3-23-18(22)12-4-7-14(8-5-12)20-17(21)13-6-9-15-16(10-13)24-11(2)19-15/h4-10H,3H2,1-2H3,(H,20,21). The number of ether oxygens (including phenoxy) is 1. The Morgan fingerprint density at radius 3 is 2.54 bits per heavy atom. The van der Waals surface area contributed by atoms with Crippen molar-refractivity contribution in [3.8, 4) is 0 Å². The maximum atomic E-state index is 12.3. The largest absolute Gasteiger partial charge is 0.462 e. The Morgan fingerprint density at radius 2 is 1.83 bits per heavy atom. The van der Waals surface area contributed by atoms with Crippen LogP contribution in [0.25, 0.3) is 11.1 Å². The van der Waals surface area contributed by atoms with Crippen LogP contribution in [0.3, 0.4) is 0 Å². The second-order valence-electron chi connectivity index (χ2n) is 5.17. The maximum absolute atomic E-state index is 12.3. The molecule has 1 N–H and O–H groups in total. The van der Waals surface area contributed by atoms with Crippen LogP contribution in [0.5, 0.6) is 0 Å². The van der Waals surface area contributed by atoms with Crippen LogP contribution < -0.4 is 5.32 Å². The van der Waals surface area contributed by atoms with Crippen LogP contribution in [0.4, 0.5) is 5.69 Å². The average molecular weight is 324 g/mol. The lowest BCUT2D eigenvalue weighted by molar-refractivity contribution is 0.0526. The topological polar surface area (TPSA) is 81.4 Å². The maximum Gasteiger partial charge on any atom is 0.338 e. The van der Waals surface area contributed by atoms with Gasteiger partial charge in [-0.25, -0.2) is 9.78 Å². The molecule has 3 aromatic rings. The summed E-state index contributed by atoms with van der Waals surface area (Å²) in [6.45, 7) is 3.82. The van der Waals surface area contributed by atoms with Crippen LogP contribution in [-0.2, 0) is 4.74 Å². The third-order valence-electron chi connectivity index (χ3n) is 3.41. The summed E-state index contributed by atoms with van der Waals surface area (Å²) in [6.07, 6.45) is 0. The van der Waals surface area contributed by atoms with Gasteiger partial charge in [0.1, 0.15) is 5.52 Å². The van der Waals surface area contributed by atoms with E-state index in [1.54, 1.807) is 56.3 Å². The molecule has 0 saturated heterocycles. The number of hydrogen-bond acceptors (Lipinski definition) is 5. The Bertz CT molecular complexity index is 897. The summed E-state index contributed by atoms with van der Waals surface area (Å²) >= 11 is 0. The lowest BCUT2D eigenvalue weighted by Crippen LogP contribution is -2.12. The Balaban J connectivity index is 1.74. The third kappa shape index (κ3) is 3.27. The quantitative estimate of drug-likeness (QED) is 0.742. The van der Waals surface area contributed by atoms with E-state index in [4.69, 9.17) is 9.15 Å². The number of benzene rings is 2. The van der Waals surface area contributed by atoms with Crippen LogP contribution in [0, 0.1) is 6.92 Å². The number of nitrogens with zero attached hydrogens (tertiary/aromatic N) is 1. The summed E-state index contributed by atoms with van der Waals surface area (Å²) < 4.78 is 10.3. The molecule has 0 aliphatic rings. The molecule has 3 rings (SSSR count). The second-order valence-corrected chi connectivity index (χ2v) is 5.17. The highest BCUT2D eigenvalue weighted by atomic mass is 16.5. The van der Waals surface area contributed by atoms with Gasteiger partial charge >= 0.3 is 5.97 Å². The zero-order valence-electron chi connectivity index (χ0n) is 13.3. The van der Waals surface area contributed by atoms with Gasteiger partial charge in [0.05, 0.1) is 12.2 Å². The van der Waals surface area contributed by atoms with E-state index in [-0.39, 0.29) is 11.9 Å². The number of carbonyl (C=O) groups is 2. The van der Waals surface area contributed by atoms with Gasteiger partial charge in [-0.2, -0.15) is 0 Å². The molecule has 2 aromatic carbocycles. The number of anilines is 1. The molecular formula is C18H16N2O4. The van der Waals surface area contributed by atoms with E-state index in [2.05, 4.69) is 10.3 Å². The van der Waals surface area contributed by atoms with Gasteiger partial charge in [-0.15, -0.1) is 0 Å². The van der Waals surface area contributed by atoms with E-state index in [1.165, 1.54) is 0 Å². The minimum absolute atomic E-state index is 0.269. The van der Waals surface area contributed by atoms with Crippen LogP contribution in [0.15, 0.2) is 46.9 Å². The number of oxazole rings is 1. The van der Waals surface area contributed by atoms with E-state index < -0.39 is 0 Å². The van der Waals surface area contributed by atoms with Crippen molar-refractivity contribution in [2.45, 2.75) is 13.8 Å². The van der Waals surface area contributed by atoms with Crippen molar-refractivity contribution in [1.29, 1.82) is 0 Å². The average Bonchev–Trinajstić information content (AvgIpc) is 2.94. The minimum atomic E-state index is -0.387. The number of aromatic nitrogens is 1. The summed E-state index contributed by atoms with van der Waals surface area (Å²) in [6, 6.07) is 11.6. The SMILES string of the molecule is CCOC(=O)c1ccc(NC(=O)c2ccc3nc(C)oc3c2)cc1. The summed E-state index contributed by atoms with van der Waals surface area (Å²) in [5, 5.41) is 2.77. The molecule has 1 heterocycles. The Hall–Kier alpha value is -3.15. The predicted molar refractivity (Wildman–Crippen MR) is 89.1 cm³/mol. The molecule has 0 fully saturated rings. The molecule has 6 nitrogen and oxygen atoms in total. The van der Waals surface area contributed by atoms with Gasteiger partial charge in [-0.05, 0) is 49.4 Å². The Kier molecular flexibility index (Phi) is 4.29. The van der Waals surface area contributed by atoms with Crippen LogP contribution >= 0.6 is 0 Å². The third-order valence-corrected chi connectivity index (χ3v) is 3.41. The normalized spacial score (nSPS) is 10.6. The van der Waals surface area contributed by atoms with Crippen LogP contribution in [0.2, 0.25) is 0 Å². The van der Waals surface area contributed by atoms with Crippen LogP contribution in [-0.4, -0.2) is 23.5 Å². The van der Waals surface area contributed by atoms with Gasteiger partial charge < -0.3 is 14.5 Å². The van der Waals surface area contributed by atoms with E-state index in [1.807, 2.05) is 0 Å². The molecule has 0 saturated carbocycles. The van der Waals surface area contributed by atoms with E-state index >= 15 is 0 Å². The number of carbonyl (C=O) groups excluding carboxylic acids is 2. The van der Waals surface area contributed by atoms with Gasteiger partial charge in [-0.3, -0.25) is 4.79 Å². The minimum Gasteiger partial charge on any atom is -0.462 e. The fraction of sp³-hybridized carbons (Fsp3) is 0.167. The fourth-order valence-corrected chi connectivity index (χ4v) is 2.29. The van der Waals surface area contributed by atoms with E-state index in [0.717, 1.165) is 0 Å². The van der Waals surface area contributed by atoms with Gasteiger partial charge in [-0.1, -0.05) is 0 Å². The van der Waals surface area contributed by atoms with Crippen molar-refractivity contribution in [2.75, 3.05) is 11.9 Å². The summed E-state index contributed by atoms with van der Waals surface area (Å²) in [5.41, 5.74) is 2.77. The molecule has 0 aliphatic heterocycles. The van der Waals surface area contributed by atoms with Crippen molar-refractivity contribution < 1.29 is 18.7 Å². The highest BCUT2D eigenvalue weighted by molar-refractivity contribution is 6.06. The highest BCUT2D eigenvalue weighted by Crippen LogP contribution is 2.18. The number of esters is 1. The molecule has 6 heteroatoms. The van der Waals surface area contributed by atoms with Gasteiger partial charge in [0.25, 0.3) is 5.91 Å². The van der Waals surface area contributed by atoms with Gasteiger partial charge in [0, 0.05) is 18.2 Å². The van der Waals surface area contributed by atoms with Gasteiger partial charge in [0.2, 0.25) is 0 Å². The Labute approximate surface area is 138 Å². The lowest BCUT2D eigenvalue weighted by atomic mass is 10.1. The molecule has 0 atom stereocenters. The Morgan fingerprint density at radius 1 is 1.12 bits per heavy atom. The van der Waals surface area contributed by atoms with Crippen molar-refractivity contribution in [3.63, 3.8) is 0 Å². The summed E-state index contributed by atoms with van der Waals surface area (Å²) in [7, 11) is 0. The first kappa shape index (κ1) is 15.7. The first-order valence-electron chi connectivity index (χ1n) is 7.52. The molecule has 1 amide bonds. The molecule has 0 unspecified atom stereocenters. The first-order valence-corrected chi connectivity index (χ1v) is 7.52. The predicted octanol–water partition coefficient (Wildman–Crippen LogP) is 3.57. The van der Waals surface area contributed by atoms with Crippen molar-refractivity contribution in [3.05, 3.63) is 59.5 Å². The monoisotopic (exact) mass is 324 g/mol. The number of hydrogen-bond donors (Lipinski definition) is 1. The number of rotatable bonds is 4. The van der Waals surface area contributed by atoms with Gasteiger partial charge in [0.15, 0.2) is 11.5 Å². The number of amides is 1. The summed E-state index contributed by atoms with van der Waals surface area (Å²) in [5.74, 6) is -0.103. The van der Waals surface area contributed by atoms with Crippen molar-refractivity contribution >= 4 is 28.7 Å². The lowest BCUT2D eigenvalue weighted by Gasteiger charge is -2.06. The molecule has 0 bridgehead atoms. The molecule has 122 valence electrons. The smallest absolute Gasteiger partial charge is 0.338 e. The van der Waals surface area contributed by atoms with Crippen molar-refractivity contribution in [1.82, 2.24) is 4.98 Å². The molecule has 0 spiro atoms. The number of aryl methyl sites for hydroxylation is 1. The van der Waals surface area contributed by atoms with E-state index in [0.29, 0.717) is 40.4 Å². The van der Waals surface area contributed by atoms with Crippen molar-refractivity contribution in [2.24, 2.45) is 0 Å². The first-order chi connectivity index (χ1) is 11.6. The number of nitrogens with one attached hydrogen (secondary N) is 1. The number of fused-ring (bicyclic) bond motifs is 1.